The summed E-state index contributed by atoms with van der Waals surface area (Å²) in [7, 11) is 0. The van der Waals surface area contributed by atoms with E-state index in [4.69, 9.17) is 0 Å². The molecule has 0 aliphatic heterocycles. The average Bonchev–Trinajstić information content (AvgIpc) is 3.15. The number of rotatable bonds is 43. The van der Waals surface area contributed by atoms with E-state index in [2.05, 4.69) is 43.5 Å². The number of nitrogens with one attached hydrogen (secondary N) is 1. The number of amides is 1. The second-order valence-electron chi connectivity index (χ2n) is 16.4. The molecule has 4 N–H and O–H groups in total. The molecule has 0 heterocycles. The molecule has 53 heavy (non-hydrogen) atoms. The zero-order valence-corrected chi connectivity index (χ0v) is 35.7. The Morgan fingerprint density at radius 2 is 0.792 bits per heavy atom. The number of carbonyl (C=O) groups is 1. The lowest BCUT2D eigenvalue weighted by molar-refractivity contribution is -0.125. The fraction of sp³-hybridized carbons (Fsp3) is 0.896. The molecule has 0 aliphatic rings. The van der Waals surface area contributed by atoms with E-state index in [9.17, 15) is 20.1 Å². The van der Waals surface area contributed by atoms with Crippen LogP contribution in [0, 0.1) is 0 Å². The van der Waals surface area contributed by atoms with Gasteiger partial charge in [0, 0.05) is 0 Å². The summed E-state index contributed by atoms with van der Waals surface area (Å²) >= 11 is 0. The van der Waals surface area contributed by atoms with Gasteiger partial charge in [-0.2, -0.15) is 0 Å². The van der Waals surface area contributed by atoms with Crippen molar-refractivity contribution in [3.63, 3.8) is 0 Å². The Morgan fingerprint density at radius 3 is 1.19 bits per heavy atom. The van der Waals surface area contributed by atoms with Crippen molar-refractivity contribution < 1.29 is 20.1 Å². The first kappa shape index (κ1) is 51.8. The van der Waals surface area contributed by atoms with Gasteiger partial charge in [0.15, 0.2) is 0 Å². The van der Waals surface area contributed by atoms with Gasteiger partial charge in [0.05, 0.1) is 31.3 Å². The van der Waals surface area contributed by atoms with Crippen molar-refractivity contribution in [1.82, 2.24) is 5.32 Å². The molecule has 0 aromatic heterocycles. The molecule has 3 unspecified atom stereocenters. The zero-order valence-electron chi connectivity index (χ0n) is 35.7. The third-order valence-corrected chi connectivity index (χ3v) is 11.0. The molecule has 1 amide bonds. The minimum atomic E-state index is -0.753. The molecule has 0 rings (SSSR count). The summed E-state index contributed by atoms with van der Waals surface area (Å²) in [5.41, 5.74) is 0. The van der Waals surface area contributed by atoms with Crippen molar-refractivity contribution in [2.75, 3.05) is 6.61 Å². The molecule has 0 aromatic rings. The minimum absolute atomic E-state index is 0.0239. The molecule has 5 nitrogen and oxygen atoms in total. The van der Waals surface area contributed by atoms with Crippen LogP contribution in [0.3, 0.4) is 0 Å². The summed E-state index contributed by atoms with van der Waals surface area (Å²) in [5.74, 6) is -0.293. The molecule has 0 radical (unpaired) electrons. The van der Waals surface area contributed by atoms with Gasteiger partial charge in [-0.15, -0.1) is 0 Å². The smallest absolute Gasteiger partial charge is 0.222 e. The number of carbonyl (C=O) groups excluding carboxylic acids is 1. The molecule has 0 bridgehead atoms. The lowest BCUT2D eigenvalue weighted by Crippen LogP contribution is -2.46. The first-order valence-corrected chi connectivity index (χ1v) is 23.6. The predicted molar refractivity (Wildman–Crippen MR) is 231 cm³/mol. The normalized spacial score (nSPS) is 13.7. The molecule has 5 heteroatoms. The second kappa shape index (κ2) is 43.6. The fourth-order valence-corrected chi connectivity index (χ4v) is 7.40. The highest BCUT2D eigenvalue weighted by Gasteiger charge is 2.21. The van der Waals surface area contributed by atoms with E-state index in [1.807, 2.05) is 0 Å². The van der Waals surface area contributed by atoms with E-state index in [0.717, 1.165) is 44.9 Å². The molecule has 3 atom stereocenters. The summed E-state index contributed by atoms with van der Waals surface area (Å²) in [6.45, 7) is 4.24. The van der Waals surface area contributed by atoms with Crippen LogP contribution in [0.5, 0.6) is 0 Å². The van der Waals surface area contributed by atoms with Crippen LogP contribution < -0.4 is 5.32 Å². The van der Waals surface area contributed by atoms with Gasteiger partial charge >= 0.3 is 0 Å². The van der Waals surface area contributed by atoms with Crippen molar-refractivity contribution in [2.24, 2.45) is 0 Å². The van der Waals surface area contributed by atoms with Crippen LogP contribution in [0.25, 0.3) is 0 Å². The van der Waals surface area contributed by atoms with Gasteiger partial charge in [-0.3, -0.25) is 4.79 Å². The molecule has 0 spiro atoms. The van der Waals surface area contributed by atoms with Crippen LogP contribution in [0.1, 0.15) is 251 Å². The number of unbranched alkanes of at least 4 members (excludes halogenated alkanes) is 31. The van der Waals surface area contributed by atoms with Crippen LogP contribution in [-0.2, 0) is 4.79 Å². The highest BCUT2D eigenvalue weighted by Crippen LogP contribution is 2.17. The maximum atomic E-state index is 12.4. The van der Waals surface area contributed by atoms with Crippen molar-refractivity contribution in [2.45, 2.75) is 270 Å². The van der Waals surface area contributed by atoms with Gasteiger partial charge in [0.1, 0.15) is 0 Å². The van der Waals surface area contributed by atoms with Crippen molar-refractivity contribution in [3.8, 4) is 0 Å². The molecule has 0 aliphatic carbocycles. The Kier molecular flexibility index (Phi) is 42.6. The Balaban J connectivity index is 3.55. The van der Waals surface area contributed by atoms with Crippen molar-refractivity contribution in [3.05, 3.63) is 24.3 Å². The number of hydrogen-bond acceptors (Lipinski definition) is 4. The van der Waals surface area contributed by atoms with E-state index < -0.39 is 18.2 Å². The number of hydrogen-bond donors (Lipinski definition) is 4. The highest BCUT2D eigenvalue weighted by molar-refractivity contribution is 5.76. The van der Waals surface area contributed by atoms with Crippen LogP contribution in [-0.4, -0.2) is 46.1 Å². The summed E-state index contributed by atoms with van der Waals surface area (Å²) in [5, 5.41) is 33.4. The number of aliphatic hydroxyl groups excluding tert-OH is 3. The van der Waals surface area contributed by atoms with Crippen LogP contribution in [0.2, 0.25) is 0 Å². The monoisotopic (exact) mass is 748 g/mol. The highest BCUT2D eigenvalue weighted by atomic mass is 16.3. The van der Waals surface area contributed by atoms with Gasteiger partial charge in [-0.1, -0.05) is 231 Å². The Morgan fingerprint density at radius 1 is 0.472 bits per heavy atom. The van der Waals surface area contributed by atoms with Crippen molar-refractivity contribution in [1.29, 1.82) is 0 Å². The first-order chi connectivity index (χ1) is 26.0. The number of allylic oxidation sites excluding steroid dienone is 4. The summed E-state index contributed by atoms with van der Waals surface area (Å²) in [6, 6.07) is -0.664. The summed E-state index contributed by atoms with van der Waals surface area (Å²) < 4.78 is 0. The molecular weight excluding hydrogens is 655 g/mol. The van der Waals surface area contributed by atoms with E-state index in [1.54, 1.807) is 0 Å². The predicted octanol–water partition coefficient (Wildman–Crippen LogP) is 13.8. The van der Waals surface area contributed by atoms with Gasteiger partial charge < -0.3 is 20.6 Å². The summed E-state index contributed by atoms with van der Waals surface area (Å²) in [6.07, 6.45) is 53.0. The zero-order chi connectivity index (χ0) is 38.7. The van der Waals surface area contributed by atoms with Crippen LogP contribution >= 0.6 is 0 Å². The Hall–Kier alpha value is -1.17. The Labute approximate surface area is 331 Å². The maximum Gasteiger partial charge on any atom is 0.222 e. The second-order valence-corrected chi connectivity index (χ2v) is 16.4. The summed E-state index contributed by atoms with van der Waals surface area (Å²) in [4.78, 5) is 12.4. The quantitative estimate of drug-likeness (QED) is 0.0369. The maximum absolute atomic E-state index is 12.4. The largest absolute Gasteiger partial charge is 0.394 e. The first-order valence-electron chi connectivity index (χ1n) is 23.6. The standard InChI is InChI=1S/C48H93NO4/c1-3-5-7-9-11-13-15-17-18-19-20-21-22-23-24-25-26-27-28-30-32-34-36-38-40-42-47(52)46(44-50)49-48(53)43-45(51)41-39-37-35-33-31-29-16-14-12-10-8-6-4-2/h12,14,16,29,45-47,50-52H,3-11,13,15,17-28,30-44H2,1-2H3,(H,49,53)/b14-12-,29-16-. The SMILES string of the molecule is CCCCC/C=C\C=C/CCCCCCC(O)CC(=O)NC(CO)C(O)CCCCCCCCCCCCCCCCCCCCCCCCCCC. The van der Waals surface area contributed by atoms with E-state index >= 15 is 0 Å². The molecule has 0 aromatic carbocycles. The average molecular weight is 748 g/mol. The molecule has 0 fully saturated rings. The van der Waals surface area contributed by atoms with E-state index in [0.29, 0.717) is 12.8 Å². The van der Waals surface area contributed by atoms with E-state index in [-0.39, 0.29) is 18.9 Å². The molecule has 0 saturated carbocycles. The van der Waals surface area contributed by atoms with Crippen LogP contribution in [0.4, 0.5) is 0 Å². The van der Waals surface area contributed by atoms with Gasteiger partial charge in [-0.05, 0) is 38.5 Å². The fourth-order valence-electron chi connectivity index (χ4n) is 7.40. The molecule has 0 saturated heterocycles. The molecule has 314 valence electrons. The van der Waals surface area contributed by atoms with E-state index in [1.165, 1.54) is 173 Å². The third-order valence-electron chi connectivity index (χ3n) is 11.0. The topological polar surface area (TPSA) is 89.8 Å². The van der Waals surface area contributed by atoms with Crippen LogP contribution in [0.15, 0.2) is 24.3 Å². The lowest BCUT2D eigenvalue weighted by Gasteiger charge is -2.23. The minimum Gasteiger partial charge on any atom is -0.394 e. The Bertz CT molecular complexity index is 784. The molecular formula is C48H93NO4. The van der Waals surface area contributed by atoms with Crippen molar-refractivity contribution >= 4 is 5.91 Å². The number of aliphatic hydroxyl groups is 3. The lowest BCUT2D eigenvalue weighted by atomic mass is 10.0. The van der Waals surface area contributed by atoms with Gasteiger partial charge in [0.25, 0.3) is 0 Å². The third kappa shape index (κ3) is 40.3. The van der Waals surface area contributed by atoms with Gasteiger partial charge in [-0.25, -0.2) is 0 Å². The van der Waals surface area contributed by atoms with Gasteiger partial charge in [0.2, 0.25) is 5.91 Å².